The molecule has 1 atom stereocenters. The molecule has 2 saturated heterocycles. The van der Waals surface area contributed by atoms with E-state index in [4.69, 9.17) is 26.1 Å². The van der Waals surface area contributed by atoms with Crippen molar-refractivity contribution in [3.8, 4) is 23.6 Å². The quantitative estimate of drug-likeness (QED) is 0.379. The first-order chi connectivity index (χ1) is 18.5. The Morgan fingerprint density at radius 1 is 1.24 bits per heavy atom. The maximum Gasteiger partial charge on any atom is 0.246 e. The lowest BCUT2D eigenvalue weighted by molar-refractivity contribution is 0.193. The van der Waals surface area contributed by atoms with Crippen LogP contribution in [0.1, 0.15) is 18.4 Å². The van der Waals surface area contributed by atoms with E-state index in [-0.39, 0.29) is 28.6 Å². The molecule has 4 aromatic rings. The highest BCUT2D eigenvalue weighted by Crippen LogP contribution is 2.42. The molecule has 0 saturated carbocycles. The summed E-state index contributed by atoms with van der Waals surface area (Å²) >= 11 is 6.32. The van der Waals surface area contributed by atoms with Crippen molar-refractivity contribution < 1.29 is 13.9 Å². The van der Waals surface area contributed by atoms with Gasteiger partial charge >= 0.3 is 0 Å². The Bertz CT molecular complexity index is 1550. The highest BCUT2D eigenvalue weighted by Gasteiger charge is 2.27. The highest BCUT2D eigenvalue weighted by molar-refractivity contribution is 6.33. The fourth-order valence-corrected chi connectivity index (χ4v) is 5.38. The standard InChI is InChI=1S/C26H26ClFN8O2/c1-35-8-2-3-15(35)14-37-25-17(12-29)23(36-9-6-30-7-10-36)16-4-5-31-26(22(16)33-25)38-24-18-13-32-34-20(18)11-19(28)21(24)27/h4-5,11,13,15,30H,2-3,6-10,14H2,1H3,(H,32,34). The van der Waals surface area contributed by atoms with Crippen LogP contribution in [0.5, 0.6) is 17.5 Å². The van der Waals surface area contributed by atoms with Gasteiger partial charge in [0.2, 0.25) is 11.8 Å². The summed E-state index contributed by atoms with van der Waals surface area (Å²) in [6.45, 7) is 4.40. The SMILES string of the molecule is CN1CCCC1COc1nc2c(Oc3c(Cl)c(F)cc4[nH]ncc34)nccc2c(N2CCNCC2)c1C#N. The van der Waals surface area contributed by atoms with Crippen LogP contribution < -0.4 is 19.7 Å². The monoisotopic (exact) mass is 536 g/mol. The van der Waals surface area contributed by atoms with Gasteiger partial charge in [-0.1, -0.05) is 11.6 Å². The molecule has 12 heteroatoms. The second kappa shape index (κ2) is 10.2. The van der Waals surface area contributed by atoms with E-state index in [0.29, 0.717) is 47.1 Å². The summed E-state index contributed by atoms with van der Waals surface area (Å²) in [5.41, 5.74) is 1.93. The number of aromatic nitrogens is 4. The van der Waals surface area contributed by atoms with Gasteiger partial charge in [-0.05, 0) is 32.5 Å². The van der Waals surface area contributed by atoms with Gasteiger partial charge in [-0.3, -0.25) is 5.10 Å². The normalized spacial score (nSPS) is 18.3. The average Bonchev–Trinajstić information content (AvgIpc) is 3.58. The number of aromatic amines is 1. The number of benzene rings is 1. The summed E-state index contributed by atoms with van der Waals surface area (Å²) in [6, 6.07) is 5.65. The zero-order chi connectivity index (χ0) is 26.2. The molecular formula is C26H26ClFN8O2. The number of nitrogens with one attached hydrogen (secondary N) is 2. The lowest BCUT2D eigenvalue weighted by Crippen LogP contribution is -2.44. The van der Waals surface area contributed by atoms with Gasteiger partial charge in [-0.2, -0.15) is 10.4 Å². The molecule has 6 rings (SSSR count). The summed E-state index contributed by atoms with van der Waals surface area (Å²) in [6.07, 6.45) is 5.22. The number of piperazine rings is 1. The maximum atomic E-state index is 14.6. The summed E-state index contributed by atoms with van der Waals surface area (Å²) < 4.78 is 27.0. The van der Waals surface area contributed by atoms with Gasteiger partial charge in [0, 0.05) is 49.9 Å². The lowest BCUT2D eigenvalue weighted by Gasteiger charge is -2.31. The van der Waals surface area contributed by atoms with Crippen LogP contribution >= 0.6 is 11.6 Å². The molecule has 1 unspecified atom stereocenters. The van der Waals surface area contributed by atoms with Crippen molar-refractivity contribution in [2.24, 2.45) is 0 Å². The number of likely N-dealkylation sites (tertiary alicyclic amines) is 1. The number of likely N-dealkylation sites (N-methyl/N-ethyl adjacent to an activating group) is 1. The molecule has 196 valence electrons. The van der Waals surface area contributed by atoms with Crippen molar-refractivity contribution in [2.45, 2.75) is 18.9 Å². The third-order valence-electron chi connectivity index (χ3n) is 7.23. The molecule has 0 aliphatic carbocycles. The van der Waals surface area contributed by atoms with E-state index >= 15 is 0 Å². The molecule has 38 heavy (non-hydrogen) atoms. The smallest absolute Gasteiger partial charge is 0.246 e. The number of fused-ring (bicyclic) bond motifs is 2. The van der Waals surface area contributed by atoms with Gasteiger partial charge in [0.25, 0.3) is 0 Å². The number of anilines is 1. The van der Waals surface area contributed by atoms with E-state index < -0.39 is 5.82 Å². The second-order valence-corrected chi connectivity index (χ2v) is 9.90. The van der Waals surface area contributed by atoms with Crippen LogP contribution in [0, 0.1) is 17.1 Å². The lowest BCUT2D eigenvalue weighted by atomic mass is 10.1. The molecule has 2 N–H and O–H groups in total. The third-order valence-corrected chi connectivity index (χ3v) is 7.58. The molecule has 3 aromatic heterocycles. The Morgan fingerprint density at radius 2 is 2.08 bits per heavy atom. The zero-order valence-corrected chi connectivity index (χ0v) is 21.6. The number of ether oxygens (including phenoxy) is 2. The average molecular weight is 537 g/mol. The van der Waals surface area contributed by atoms with Crippen LogP contribution in [0.15, 0.2) is 24.5 Å². The third kappa shape index (κ3) is 4.34. The number of hydrogen-bond acceptors (Lipinski definition) is 9. The number of nitriles is 1. The minimum Gasteiger partial charge on any atom is -0.475 e. The van der Waals surface area contributed by atoms with Crippen LogP contribution in [0.3, 0.4) is 0 Å². The topological polar surface area (TPSA) is 115 Å². The highest BCUT2D eigenvalue weighted by atomic mass is 35.5. The van der Waals surface area contributed by atoms with Crippen molar-refractivity contribution in [1.29, 1.82) is 5.26 Å². The molecule has 2 fully saturated rings. The molecule has 0 spiro atoms. The van der Waals surface area contributed by atoms with E-state index in [1.165, 1.54) is 12.3 Å². The van der Waals surface area contributed by atoms with Crippen molar-refractivity contribution in [3.05, 3.63) is 40.9 Å². The number of halogens is 2. The molecule has 2 aliphatic heterocycles. The van der Waals surface area contributed by atoms with Gasteiger partial charge in [-0.15, -0.1) is 0 Å². The Hall–Kier alpha value is -3.72. The molecule has 1 aromatic carbocycles. The molecular weight excluding hydrogens is 511 g/mol. The van der Waals surface area contributed by atoms with Crippen LogP contribution in [-0.2, 0) is 0 Å². The van der Waals surface area contributed by atoms with E-state index in [1.54, 1.807) is 6.20 Å². The van der Waals surface area contributed by atoms with Crippen LogP contribution in [0.25, 0.3) is 21.8 Å². The van der Waals surface area contributed by atoms with Crippen molar-refractivity contribution in [2.75, 3.05) is 51.3 Å². The first-order valence-corrected chi connectivity index (χ1v) is 12.9. The van der Waals surface area contributed by atoms with Crippen LogP contribution in [0.2, 0.25) is 5.02 Å². The Morgan fingerprint density at radius 3 is 2.84 bits per heavy atom. The second-order valence-electron chi connectivity index (χ2n) is 9.52. The summed E-state index contributed by atoms with van der Waals surface area (Å²) in [4.78, 5) is 13.6. The predicted molar refractivity (Wildman–Crippen MR) is 142 cm³/mol. The Labute approximate surface area is 223 Å². The Kier molecular flexibility index (Phi) is 6.61. The van der Waals surface area contributed by atoms with E-state index in [9.17, 15) is 9.65 Å². The van der Waals surface area contributed by atoms with E-state index in [0.717, 1.165) is 38.2 Å². The minimum atomic E-state index is -0.649. The summed E-state index contributed by atoms with van der Waals surface area (Å²) in [5.74, 6) is -0.211. The van der Waals surface area contributed by atoms with Crippen molar-refractivity contribution in [3.63, 3.8) is 0 Å². The molecule has 0 radical (unpaired) electrons. The number of hydrogen-bond donors (Lipinski definition) is 2. The van der Waals surface area contributed by atoms with Gasteiger partial charge < -0.3 is 24.6 Å². The molecule has 5 heterocycles. The number of H-pyrrole nitrogens is 1. The van der Waals surface area contributed by atoms with E-state index in [2.05, 4.69) is 43.4 Å². The molecule has 0 bridgehead atoms. The maximum absolute atomic E-state index is 14.6. The fraction of sp³-hybridized carbons (Fsp3) is 0.385. The van der Waals surface area contributed by atoms with Crippen LogP contribution in [-0.4, -0.2) is 77.5 Å². The van der Waals surface area contributed by atoms with Gasteiger partial charge in [0.05, 0.1) is 22.8 Å². The van der Waals surface area contributed by atoms with Gasteiger partial charge in [0.1, 0.15) is 34.6 Å². The van der Waals surface area contributed by atoms with E-state index in [1.807, 2.05) is 6.07 Å². The number of nitrogens with zero attached hydrogens (tertiary/aromatic N) is 6. The molecule has 0 amide bonds. The molecule has 10 nitrogen and oxygen atoms in total. The Balaban J connectivity index is 1.50. The van der Waals surface area contributed by atoms with Crippen molar-refractivity contribution in [1.82, 2.24) is 30.4 Å². The first-order valence-electron chi connectivity index (χ1n) is 12.6. The largest absolute Gasteiger partial charge is 0.475 e. The van der Waals surface area contributed by atoms with Crippen molar-refractivity contribution >= 4 is 39.1 Å². The first kappa shape index (κ1) is 24.6. The summed E-state index contributed by atoms with van der Waals surface area (Å²) in [5, 5.41) is 21.3. The number of rotatable bonds is 6. The summed E-state index contributed by atoms with van der Waals surface area (Å²) in [7, 11) is 2.07. The number of pyridine rings is 2. The van der Waals surface area contributed by atoms with Gasteiger partial charge in [0.15, 0.2) is 5.75 Å². The molecule has 2 aliphatic rings. The zero-order valence-electron chi connectivity index (χ0n) is 20.8. The predicted octanol–water partition coefficient (Wildman–Crippen LogP) is 3.85. The van der Waals surface area contributed by atoms with Crippen LogP contribution in [0.4, 0.5) is 10.1 Å². The minimum absolute atomic E-state index is 0.0837. The fourth-order valence-electron chi connectivity index (χ4n) is 5.19. The van der Waals surface area contributed by atoms with Gasteiger partial charge in [-0.25, -0.2) is 14.4 Å².